The highest BCUT2D eigenvalue weighted by atomic mass is 79.9. The van der Waals surface area contributed by atoms with E-state index in [4.69, 9.17) is 4.74 Å². The Morgan fingerprint density at radius 2 is 2.36 bits per heavy atom. The maximum absolute atomic E-state index is 11.6. The van der Waals surface area contributed by atoms with Gasteiger partial charge in [-0.15, -0.1) is 0 Å². The minimum atomic E-state index is 0.0723. The van der Waals surface area contributed by atoms with Crippen molar-refractivity contribution in [3.8, 4) is 0 Å². The van der Waals surface area contributed by atoms with Crippen LogP contribution in [0.25, 0.3) is 0 Å². The Hall–Kier alpha value is -0.0900. The SMILES string of the molecule is CC(Br)CC(C)NC(=O)C1CCOC1. The van der Waals surface area contributed by atoms with Crippen LogP contribution in [0.3, 0.4) is 0 Å². The van der Waals surface area contributed by atoms with Gasteiger partial charge in [-0.1, -0.05) is 22.9 Å². The summed E-state index contributed by atoms with van der Waals surface area (Å²) in [6.07, 6.45) is 1.82. The second-order valence-electron chi connectivity index (χ2n) is 3.99. The average molecular weight is 264 g/mol. The summed E-state index contributed by atoms with van der Waals surface area (Å²) in [5, 5.41) is 3.00. The molecule has 14 heavy (non-hydrogen) atoms. The molecular formula is C10H18BrNO2. The number of hydrogen-bond acceptors (Lipinski definition) is 2. The van der Waals surface area contributed by atoms with Crippen molar-refractivity contribution in [2.45, 2.75) is 37.6 Å². The quantitative estimate of drug-likeness (QED) is 0.785. The third kappa shape index (κ3) is 3.96. The van der Waals surface area contributed by atoms with E-state index in [0.717, 1.165) is 19.4 Å². The summed E-state index contributed by atoms with van der Waals surface area (Å²) >= 11 is 3.47. The monoisotopic (exact) mass is 263 g/mol. The van der Waals surface area contributed by atoms with Gasteiger partial charge in [0.05, 0.1) is 12.5 Å². The van der Waals surface area contributed by atoms with Crippen molar-refractivity contribution < 1.29 is 9.53 Å². The minimum absolute atomic E-state index is 0.0723. The number of halogens is 1. The summed E-state index contributed by atoms with van der Waals surface area (Å²) in [6, 6.07) is 0.234. The fourth-order valence-corrected chi connectivity index (χ4v) is 2.21. The zero-order valence-electron chi connectivity index (χ0n) is 8.75. The highest BCUT2D eigenvalue weighted by molar-refractivity contribution is 9.09. The predicted octanol–water partition coefficient (Wildman–Crippen LogP) is 1.70. The lowest BCUT2D eigenvalue weighted by Gasteiger charge is -2.17. The smallest absolute Gasteiger partial charge is 0.225 e. The summed E-state index contributed by atoms with van der Waals surface area (Å²) in [5.41, 5.74) is 0. The van der Waals surface area contributed by atoms with Crippen molar-refractivity contribution in [3.05, 3.63) is 0 Å². The van der Waals surface area contributed by atoms with E-state index in [-0.39, 0.29) is 17.9 Å². The molecular weight excluding hydrogens is 246 g/mol. The first kappa shape index (κ1) is 12.0. The fraction of sp³-hybridized carbons (Fsp3) is 0.900. The van der Waals surface area contributed by atoms with Gasteiger partial charge in [0.1, 0.15) is 0 Å². The van der Waals surface area contributed by atoms with Gasteiger partial charge in [-0.3, -0.25) is 4.79 Å². The molecule has 0 bridgehead atoms. The van der Waals surface area contributed by atoms with E-state index >= 15 is 0 Å². The van der Waals surface area contributed by atoms with E-state index in [1.54, 1.807) is 0 Å². The Bertz CT molecular complexity index is 191. The highest BCUT2D eigenvalue weighted by Gasteiger charge is 2.24. The molecule has 3 atom stereocenters. The van der Waals surface area contributed by atoms with Gasteiger partial charge < -0.3 is 10.1 Å². The Morgan fingerprint density at radius 3 is 2.86 bits per heavy atom. The molecule has 0 aromatic carbocycles. The van der Waals surface area contributed by atoms with Crippen LogP contribution in [-0.4, -0.2) is 30.0 Å². The van der Waals surface area contributed by atoms with Gasteiger partial charge in [0.25, 0.3) is 0 Å². The van der Waals surface area contributed by atoms with E-state index < -0.39 is 0 Å². The number of alkyl halides is 1. The van der Waals surface area contributed by atoms with Crippen LogP contribution in [0.2, 0.25) is 0 Å². The van der Waals surface area contributed by atoms with Crippen LogP contribution in [0, 0.1) is 5.92 Å². The second-order valence-corrected chi connectivity index (χ2v) is 5.55. The van der Waals surface area contributed by atoms with Crippen LogP contribution in [0.1, 0.15) is 26.7 Å². The lowest BCUT2D eigenvalue weighted by atomic mass is 10.1. The Kier molecular flexibility index (Phi) is 4.89. The van der Waals surface area contributed by atoms with Gasteiger partial charge in [-0.05, 0) is 19.8 Å². The van der Waals surface area contributed by atoms with Gasteiger partial charge in [0.2, 0.25) is 5.91 Å². The first-order valence-electron chi connectivity index (χ1n) is 5.11. The molecule has 82 valence electrons. The molecule has 1 N–H and O–H groups in total. The van der Waals surface area contributed by atoms with E-state index in [1.807, 2.05) is 6.92 Å². The van der Waals surface area contributed by atoms with Crippen LogP contribution < -0.4 is 5.32 Å². The summed E-state index contributed by atoms with van der Waals surface area (Å²) in [4.78, 5) is 12.1. The van der Waals surface area contributed by atoms with E-state index in [0.29, 0.717) is 11.4 Å². The molecule has 1 rings (SSSR count). The van der Waals surface area contributed by atoms with Gasteiger partial charge in [0.15, 0.2) is 0 Å². The number of nitrogens with one attached hydrogen (secondary N) is 1. The van der Waals surface area contributed by atoms with Gasteiger partial charge in [0, 0.05) is 17.5 Å². The molecule has 1 fully saturated rings. The number of carbonyl (C=O) groups excluding carboxylic acids is 1. The first-order valence-corrected chi connectivity index (χ1v) is 6.03. The Labute approximate surface area is 93.7 Å². The van der Waals surface area contributed by atoms with Crippen LogP contribution in [-0.2, 0) is 9.53 Å². The molecule has 0 aliphatic carbocycles. The molecule has 1 saturated heterocycles. The number of carbonyl (C=O) groups is 1. The molecule has 0 radical (unpaired) electrons. The molecule has 3 nitrogen and oxygen atoms in total. The van der Waals surface area contributed by atoms with E-state index in [9.17, 15) is 4.79 Å². The van der Waals surface area contributed by atoms with Crippen molar-refractivity contribution in [2.75, 3.05) is 13.2 Å². The molecule has 4 heteroatoms. The van der Waals surface area contributed by atoms with Crippen LogP contribution in [0.4, 0.5) is 0 Å². The number of ether oxygens (including phenoxy) is 1. The number of hydrogen-bond donors (Lipinski definition) is 1. The zero-order valence-corrected chi connectivity index (χ0v) is 10.3. The second kappa shape index (κ2) is 5.71. The van der Waals surface area contributed by atoms with E-state index in [1.165, 1.54) is 0 Å². The largest absolute Gasteiger partial charge is 0.381 e. The first-order chi connectivity index (χ1) is 6.59. The van der Waals surface area contributed by atoms with Gasteiger partial charge in [-0.2, -0.15) is 0 Å². The molecule has 1 heterocycles. The van der Waals surface area contributed by atoms with Crippen molar-refractivity contribution in [2.24, 2.45) is 5.92 Å². The molecule has 1 aliphatic rings. The molecule has 0 aromatic heterocycles. The molecule has 3 unspecified atom stereocenters. The maximum Gasteiger partial charge on any atom is 0.225 e. The molecule has 1 amide bonds. The van der Waals surface area contributed by atoms with Gasteiger partial charge >= 0.3 is 0 Å². The molecule has 0 spiro atoms. The number of rotatable bonds is 4. The number of amides is 1. The summed E-state index contributed by atoms with van der Waals surface area (Å²) in [5.74, 6) is 0.214. The lowest BCUT2D eigenvalue weighted by Crippen LogP contribution is -2.38. The summed E-state index contributed by atoms with van der Waals surface area (Å²) in [6.45, 7) is 5.43. The van der Waals surface area contributed by atoms with Crippen molar-refractivity contribution >= 4 is 21.8 Å². The standard InChI is InChI=1S/C10H18BrNO2/c1-7(11)5-8(2)12-10(13)9-3-4-14-6-9/h7-9H,3-6H2,1-2H3,(H,12,13). The third-order valence-corrected chi connectivity index (χ3v) is 2.74. The molecule has 1 aliphatic heterocycles. The van der Waals surface area contributed by atoms with Crippen molar-refractivity contribution in [1.29, 1.82) is 0 Å². The maximum atomic E-state index is 11.6. The van der Waals surface area contributed by atoms with Crippen molar-refractivity contribution in [1.82, 2.24) is 5.32 Å². The fourth-order valence-electron chi connectivity index (χ4n) is 1.65. The van der Waals surface area contributed by atoms with Gasteiger partial charge in [-0.25, -0.2) is 0 Å². The van der Waals surface area contributed by atoms with E-state index in [2.05, 4.69) is 28.2 Å². The zero-order chi connectivity index (χ0) is 10.6. The third-order valence-electron chi connectivity index (χ3n) is 2.37. The average Bonchev–Trinajstić information content (AvgIpc) is 2.53. The molecule has 0 aromatic rings. The Morgan fingerprint density at radius 1 is 1.64 bits per heavy atom. The van der Waals surface area contributed by atoms with Crippen LogP contribution in [0.15, 0.2) is 0 Å². The summed E-state index contributed by atoms with van der Waals surface area (Å²) < 4.78 is 5.17. The minimum Gasteiger partial charge on any atom is -0.381 e. The molecule has 0 saturated carbocycles. The lowest BCUT2D eigenvalue weighted by molar-refractivity contribution is -0.125. The Balaban J connectivity index is 2.25. The highest BCUT2D eigenvalue weighted by Crippen LogP contribution is 2.13. The summed E-state index contributed by atoms with van der Waals surface area (Å²) in [7, 11) is 0. The topological polar surface area (TPSA) is 38.3 Å². The normalized spacial score (nSPS) is 25.8. The van der Waals surface area contributed by atoms with Crippen LogP contribution in [0.5, 0.6) is 0 Å². The predicted molar refractivity (Wildman–Crippen MR) is 59.5 cm³/mol. The van der Waals surface area contributed by atoms with Crippen LogP contribution >= 0.6 is 15.9 Å². The van der Waals surface area contributed by atoms with Crippen molar-refractivity contribution in [3.63, 3.8) is 0 Å².